The van der Waals surface area contributed by atoms with Crippen molar-refractivity contribution in [2.75, 3.05) is 13.1 Å². The molecule has 122 valence electrons. The lowest BCUT2D eigenvalue weighted by atomic mass is 9.91. The van der Waals surface area contributed by atoms with E-state index in [-0.39, 0.29) is 11.9 Å². The SMILES string of the molecule is Cc1nc(-c2ncccn2)sc1C(=O)N1CCC(C(C)N)CC1. The summed E-state index contributed by atoms with van der Waals surface area (Å²) < 4.78 is 0. The molecule has 1 fully saturated rings. The molecule has 2 N–H and O–H groups in total. The van der Waals surface area contributed by atoms with Crippen molar-refractivity contribution in [3.8, 4) is 10.8 Å². The highest BCUT2D eigenvalue weighted by atomic mass is 32.1. The van der Waals surface area contributed by atoms with Gasteiger partial charge in [-0.25, -0.2) is 15.0 Å². The average Bonchev–Trinajstić information content (AvgIpc) is 2.97. The first kappa shape index (κ1) is 16.0. The lowest BCUT2D eigenvalue weighted by Crippen LogP contribution is -2.42. The molecule has 23 heavy (non-hydrogen) atoms. The fourth-order valence-electron chi connectivity index (χ4n) is 2.87. The first-order valence-corrected chi connectivity index (χ1v) is 8.67. The standard InChI is InChI=1S/C16H21N5OS/c1-10(17)12-4-8-21(9-5-12)16(22)13-11(2)20-15(23-13)14-18-6-3-7-19-14/h3,6-7,10,12H,4-5,8-9,17H2,1-2H3. The van der Waals surface area contributed by atoms with Crippen LogP contribution in [0.25, 0.3) is 10.8 Å². The summed E-state index contributed by atoms with van der Waals surface area (Å²) in [5.41, 5.74) is 6.71. The lowest BCUT2D eigenvalue weighted by molar-refractivity contribution is 0.0685. The van der Waals surface area contributed by atoms with Gasteiger partial charge in [0.25, 0.3) is 5.91 Å². The lowest BCUT2D eigenvalue weighted by Gasteiger charge is -2.33. The first-order chi connectivity index (χ1) is 11.1. The molecule has 2 aromatic rings. The number of nitrogens with zero attached hydrogens (tertiary/aromatic N) is 4. The number of nitrogens with two attached hydrogens (primary N) is 1. The van der Waals surface area contributed by atoms with Crippen molar-refractivity contribution in [3.05, 3.63) is 29.0 Å². The second-order valence-electron chi connectivity index (χ2n) is 5.99. The fraction of sp³-hybridized carbons (Fsp3) is 0.500. The third kappa shape index (κ3) is 3.40. The van der Waals surface area contributed by atoms with Gasteiger partial charge in [0.15, 0.2) is 10.8 Å². The van der Waals surface area contributed by atoms with Crippen LogP contribution < -0.4 is 5.73 Å². The molecule has 1 saturated heterocycles. The van der Waals surface area contributed by atoms with Crippen LogP contribution in [0, 0.1) is 12.8 Å². The summed E-state index contributed by atoms with van der Waals surface area (Å²) in [5.74, 6) is 1.13. The summed E-state index contributed by atoms with van der Waals surface area (Å²) in [6.45, 7) is 5.44. The van der Waals surface area contributed by atoms with Gasteiger partial charge in [0.1, 0.15) is 4.88 Å². The van der Waals surface area contributed by atoms with Gasteiger partial charge >= 0.3 is 0 Å². The zero-order valence-corrected chi connectivity index (χ0v) is 14.2. The van der Waals surface area contributed by atoms with Crippen molar-refractivity contribution in [2.45, 2.75) is 32.7 Å². The van der Waals surface area contributed by atoms with E-state index in [0.717, 1.165) is 31.6 Å². The van der Waals surface area contributed by atoms with Gasteiger partial charge in [-0.15, -0.1) is 11.3 Å². The van der Waals surface area contributed by atoms with Gasteiger partial charge in [0.05, 0.1) is 5.69 Å². The number of piperidine rings is 1. The zero-order valence-electron chi connectivity index (χ0n) is 13.4. The van der Waals surface area contributed by atoms with Crippen molar-refractivity contribution < 1.29 is 4.79 Å². The van der Waals surface area contributed by atoms with Crippen LogP contribution in [0.2, 0.25) is 0 Å². The Labute approximate surface area is 139 Å². The highest BCUT2D eigenvalue weighted by molar-refractivity contribution is 7.17. The molecule has 0 spiro atoms. The largest absolute Gasteiger partial charge is 0.338 e. The molecule has 1 amide bonds. The Kier molecular flexibility index (Phi) is 4.68. The van der Waals surface area contributed by atoms with Crippen molar-refractivity contribution in [1.82, 2.24) is 19.9 Å². The van der Waals surface area contributed by atoms with Crippen LogP contribution in [0.15, 0.2) is 18.5 Å². The predicted octanol–water partition coefficient (Wildman–Crippen LogP) is 2.11. The molecule has 1 atom stereocenters. The average molecular weight is 331 g/mol. The van der Waals surface area contributed by atoms with E-state index in [4.69, 9.17) is 5.73 Å². The van der Waals surface area contributed by atoms with E-state index in [1.165, 1.54) is 11.3 Å². The number of hydrogen-bond acceptors (Lipinski definition) is 6. The summed E-state index contributed by atoms with van der Waals surface area (Å²) in [7, 11) is 0. The Hall–Kier alpha value is -1.86. The number of carbonyl (C=O) groups is 1. The van der Waals surface area contributed by atoms with Crippen LogP contribution in [0.1, 0.15) is 35.1 Å². The summed E-state index contributed by atoms with van der Waals surface area (Å²) in [4.78, 5) is 28.2. The van der Waals surface area contributed by atoms with Crippen LogP contribution in [0.4, 0.5) is 0 Å². The monoisotopic (exact) mass is 331 g/mol. The van der Waals surface area contributed by atoms with E-state index in [1.807, 2.05) is 18.7 Å². The fourth-order valence-corrected chi connectivity index (χ4v) is 3.85. The molecule has 0 aromatic carbocycles. The molecule has 1 unspecified atom stereocenters. The molecule has 7 heteroatoms. The molecule has 1 aliphatic heterocycles. The van der Waals surface area contributed by atoms with E-state index < -0.39 is 0 Å². The topological polar surface area (TPSA) is 85.0 Å². The van der Waals surface area contributed by atoms with E-state index in [0.29, 0.717) is 21.6 Å². The predicted molar refractivity (Wildman–Crippen MR) is 90.2 cm³/mol. The number of thiazole rings is 1. The molecule has 1 aliphatic rings. The van der Waals surface area contributed by atoms with E-state index in [1.54, 1.807) is 18.5 Å². The molecule has 0 aliphatic carbocycles. The Bertz CT molecular complexity index is 677. The van der Waals surface area contributed by atoms with Gasteiger partial charge in [-0.3, -0.25) is 4.79 Å². The summed E-state index contributed by atoms with van der Waals surface area (Å²) in [6.07, 6.45) is 5.30. The highest BCUT2D eigenvalue weighted by Gasteiger charge is 2.28. The molecular formula is C16H21N5OS. The van der Waals surface area contributed by atoms with Gasteiger partial charge in [-0.05, 0) is 38.7 Å². The van der Waals surface area contributed by atoms with Crippen LogP contribution in [0.5, 0.6) is 0 Å². The Morgan fingerprint density at radius 3 is 2.61 bits per heavy atom. The summed E-state index contributed by atoms with van der Waals surface area (Å²) in [5, 5.41) is 0.692. The zero-order chi connectivity index (χ0) is 16.4. The summed E-state index contributed by atoms with van der Waals surface area (Å²) >= 11 is 1.37. The maximum atomic E-state index is 12.8. The summed E-state index contributed by atoms with van der Waals surface area (Å²) in [6, 6.07) is 1.96. The second-order valence-corrected chi connectivity index (χ2v) is 6.99. The molecular weight excluding hydrogens is 310 g/mol. The van der Waals surface area contributed by atoms with Crippen molar-refractivity contribution >= 4 is 17.2 Å². The molecule has 6 nitrogen and oxygen atoms in total. The maximum absolute atomic E-state index is 12.8. The van der Waals surface area contributed by atoms with Gasteiger partial charge in [0.2, 0.25) is 0 Å². The number of rotatable bonds is 3. The van der Waals surface area contributed by atoms with E-state index in [9.17, 15) is 4.79 Å². The number of aromatic nitrogens is 3. The first-order valence-electron chi connectivity index (χ1n) is 7.86. The van der Waals surface area contributed by atoms with Crippen molar-refractivity contribution in [2.24, 2.45) is 11.7 Å². The third-order valence-electron chi connectivity index (χ3n) is 4.32. The maximum Gasteiger partial charge on any atom is 0.265 e. The van der Waals surface area contributed by atoms with Gasteiger partial charge < -0.3 is 10.6 Å². The normalized spacial score (nSPS) is 17.3. The minimum Gasteiger partial charge on any atom is -0.338 e. The number of amides is 1. The van der Waals surface area contributed by atoms with Crippen LogP contribution in [-0.4, -0.2) is 44.9 Å². The van der Waals surface area contributed by atoms with E-state index >= 15 is 0 Å². The minimum atomic E-state index is 0.0605. The third-order valence-corrected chi connectivity index (χ3v) is 5.46. The number of likely N-dealkylation sites (tertiary alicyclic amines) is 1. The number of hydrogen-bond donors (Lipinski definition) is 1. The molecule has 3 heterocycles. The number of carbonyl (C=O) groups excluding carboxylic acids is 1. The number of aryl methyl sites for hydroxylation is 1. The van der Waals surface area contributed by atoms with Gasteiger partial charge in [0, 0.05) is 31.5 Å². The molecule has 0 saturated carbocycles. The smallest absolute Gasteiger partial charge is 0.265 e. The Balaban J connectivity index is 1.75. The van der Waals surface area contributed by atoms with Crippen molar-refractivity contribution in [1.29, 1.82) is 0 Å². The highest BCUT2D eigenvalue weighted by Crippen LogP contribution is 2.28. The Morgan fingerprint density at radius 2 is 2.00 bits per heavy atom. The Morgan fingerprint density at radius 1 is 1.35 bits per heavy atom. The minimum absolute atomic E-state index is 0.0605. The van der Waals surface area contributed by atoms with Crippen LogP contribution in [-0.2, 0) is 0 Å². The molecule has 0 radical (unpaired) electrons. The van der Waals surface area contributed by atoms with Crippen LogP contribution in [0.3, 0.4) is 0 Å². The van der Waals surface area contributed by atoms with Gasteiger partial charge in [-0.1, -0.05) is 0 Å². The van der Waals surface area contributed by atoms with Crippen LogP contribution >= 0.6 is 11.3 Å². The van der Waals surface area contributed by atoms with Crippen molar-refractivity contribution in [3.63, 3.8) is 0 Å². The molecule has 0 bridgehead atoms. The quantitative estimate of drug-likeness (QED) is 0.931. The molecule has 3 rings (SSSR count). The van der Waals surface area contributed by atoms with Gasteiger partial charge in [-0.2, -0.15) is 0 Å². The second kappa shape index (κ2) is 6.72. The van der Waals surface area contributed by atoms with E-state index in [2.05, 4.69) is 15.0 Å². The molecule has 2 aromatic heterocycles.